The van der Waals surface area contributed by atoms with Gasteiger partial charge in [-0.25, -0.2) is 0 Å². The van der Waals surface area contributed by atoms with Crippen LogP contribution in [-0.2, 0) is 15.3 Å². The van der Waals surface area contributed by atoms with Gasteiger partial charge in [-0.1, -0.05) is 50.1 Å². The molecule has 0 N–H and O–H groups in total. The lowest BCUT2D eigenvalue weighted by atomic mass is 9.81. The Morgan fingerprint density at radius 3 is 2.04 bits per heavy atom. The Hall–Kier alpha value is -0.426. The maximum atomic E-state index is 6.54. The molecule has 1 rings (SSSR count). The first-order chi connectivity index (χ1) is 12.0. The van der Waals surface area contributed by atoms with Crippen LogP contribution in [0.3, 0.4) is 0 Å². The summed E-state index contributed by atoms with van der Waals surface area (Å²) in [6, 6.07) is 10.9. The van der Waals surface area contributed by atoms with Crippen LogP contribution in [0.25, 0.3) is 0 Å². The first kappa shape index (κ1) is 23.6. The van der Waals surface area contributed by atoms with Crippen molar-refractivity contribution >= 4 is 16.6 Å². The summed E-state index contributed by atoms with van der Waals surface area (Å²) in [6.45, 7) is 19.2. The third-order valence-corrected chi connectivity index (χ3v) is 6.82. The minimum absolute atomic E-state index is 0.298. The van der Waals surface area contributed by atoms with Gasteiger partial charge in [0.05, 0.1) is 0 Å². The van der Waals surface area contributed by atoms with E-state index >= 15 is 0 Å². The van der Waals surface area contributed by atoms with Gasteiger partial charge in [0, 0.05) is 12.7 Å². The number of rotatable bonds is 12. The standard InChI is InChI=1S/C22H42O2Si2/c1-9-10-16-22(19(2)24-26(6,7)8)21(18-23-25(3,4)5)17-20-14-12-11-13-15-20/h11-15,19,21-22H,9-10,16-18H2,1-8H3/t19-,21-,22-/m0/s1. The summed E-state index contributed by atoms with van der Waals surface area (Å²) >= 11 is 0. The maximum absolute atomic E-state index is 6.54. The molecule has 0 heterocycles. The molecule has 1 aromatic carbocycles. The van der Waals surface area contributed by atoms with Crippen LogP contribution in [0.2, 0.25) is 39.3 Å². The molecule has 0 aliphatic carbocycles. The van der Waals surface area contributed by atoms with Crippen LogP contribution in [0.15, 0.2) is 30.3 Å². The zero-order valence-electron chi connectivity index (χ0n) is 18.5. The molecule has 0 fully saturated rings. The predicted octanol–water partition coefficient (Wildman–Crippen LogP) is 6.74. The van der Waals surface area contributed by atoms with Gasteiger partial charge in [0.1, 0.15) is 0 Å². The second-order valence-corrected chi connectivity index (χ2v) is 18.6. The van der Waals surface area contributed by atoms with Gasteiger partial charge in [0.15, 0.2) is 16.6 Å². The van der Waals surface area contributed by atoms with Crippen molar-refractivity contribution in [2.75, 3.05) is 6.61 Å². The summed E-state index contributed by atoms with van der Waals surface area (Å²) in [4.78, 5) is 0. The van der Waals surface area contributed by atoms with Crippen molar-refractivity contribution < 1.29 is 8.85 Å². The van der Waals surface area contributed by atoms with E-state index in [1.807, 2.05) is 0 Å². The fourth-order valence-corrected chi connectivity index (χ4v) is 5.55. The van der Waals surface area contributed by atoms with Crippen LogP contribution in [0, 0.1) is 11.8 Å². The SMILES string of the molecule is CCCC[C@H]([C@H](CO[Si](C)(C)C)Cc1ccccc1)[C@H](C)O[Si](C)(C)C. The second-order valence-electron chi connectivity index (χ2n) is 9.61. The molecule has 4 heteroatoms. The molecule has 0 unspecified atom stereocenters. The topological polar surface area (TPSA) is 18.5 Å². The molecule has 26 heavy (non-hydrogen) atoms. The fourth-order valence-electron chi connectivity index (χ4n) is 3.55. The number of hydrogen-bond acceptors (Lipinski definition) is 2. The van der Waals surface area contributed by atoms with E-state index in [0.29, 0.717) is 17.9 Å². The molecule has 0 saturated carbocycles. The number of hydrogen-bond donors (Lipinski definition) is 0. The van der Waals surface area contributed by atoms with E-state index in [1.54, 1.807) is 0 Å². The lowest BCUT2D eigenvalue weighted by Gasteiger charge is -2.36. The molecular weight excluding hydrogens is 352 g/mol. The van der Waals surface area contributed by atoms with E-state index in [4.69, 9.17) is 8.85 Å². The van der Waals surface area contributed by atoms with Gasteiger partial charge < -0.3 is 8.85 Å². The van der Waals surface area contributed by atoms with Crippen LogP contribution >= 0.6 is 0 Å². The van der Waals surface area contributed by atoms with Gasteiger partial charge in [-0.05, 0) is 76.4 Å². The molecule has 0 aliphatic heterocycles. The minimum atomic E-state index is -1.55. The first-order valence-corrected chi connectivity index (χ1v) is 17.2. The molecule has 2 nitrogen and oxygen atoms in total. The van der Waals surface area contributed by atoms with Crippen LogP contribution < -0.4 is 0 Å². The van der Waals surface area contributed by atoms with Crippen LogP contribution in [0.5, 0.6) is 0 Å². The average molecular weight is 395 g/mol. The maximum Gasteiger partial charge on any atom is 0.184 e. The zero-order chi connectivity index (χ0) is 19.8. The highest BCUT2D eigenvalue weighted by molar-refractivity contribution is 6.70. The lowest BCUT2D eigenvalue weighted by molar-refractivity contribution is 0.0689. The Kier molecular flexibility index (Phi) is 9.80. The van der Waals surface area contributed by atoms with E-state index in [9.17, 15) is 0 Å². The van der Waals surface area contributed by atoms with Crippen LogP contribution in [0.1, 0.15) is 38.7 Å². The van der Waals surface area contributed by atoms with Gasteiger partial charge in [0.25, 0.3) is 0 Å². The molecule has 3 atom stereocenters. The molecule has 0 aliphatic rings. The van der Waals surface area contributed by atoms with Gasteiger partial charge in [-0.15, -0.1) is 0 Å². The van der Waals surface area contributed by atoms with Gasteiger partial charge in [0.2, 0.25) is 0 Å². The van der Waals surface area contributed by atoms with E-state index < -0.39 is 16.6 Å². The molecule has 0 bridgehead atoms. The van der Waals surface area contributed by atoms with Crippen molar-refractivity contribution in [1.82, 2.24) is 0 Å². The van der Waals surface area contributed by atoms with Crippen molar-refractivity contribution in [3.63, 3.8) is 0 Å². The molecule has 0 aromatic heterocycles. The van der Waals surface area contributed by atoms with Crippen molar-refractivity contribution in [2.24, 2.45) is 11.8 Å². The van der Waals surface area contributed by atoms with Gasteiger partial charge in [-0.3, -0.25) is 0 Å². The molecule has 0 amide bonds. The highest BCUT2D eigenvalue weighted by Crippen LogP contribution is 2.30. The Morgan fingerprint density at radius 2 is 1.54 bits per heavy atom. The summed E-state index contributed by atoms with van der Waals surface area (Å²) in [5, 5.41) is 0. The normalized spacial score (nSPS) is 16.3. The fraction of sp³-hybridized carbons (Fsp3) is 0.727. The average Bonchev–Trinajstić information content (AvgIpc) is 2.51. The van der Waals surface area contributed by atoms with Crippen molar-refractivity contribution in [3.8, 4) is 0 Å². The summed E-state index contributed by atoms with van der Waals surface area (Å²) < 4.78 is 12.9. The third-order valence-electron chi connectivity index (χ3n) is 4.71. The lowest BCUT2D eigenvalue weighted by Crippen LogP contribution is -2.40. The Balaban J connectivity index is 3.00. The van der Waals surface area contributed by atoms with Crippen molar-refractivity contribution in [2.45, 2.75) is 84.9 Å². The highest BCUT2D eigenvalue weighted by atomic mass is 28.4. The van der Waals surface area contributed by atoms with Gasteiger partial charge in [-0.2, -0.15) is 0 Å². The third kappa shape index (κ3) is 10.0. The minimum Gasteiger partial charge on any atom is -0.417 e. The number of unbranched alkanes of at least 4 members (excludes halogenated alkanes) is 1. The Bertz CT molecular complexity index is 491. The molecular formula is C22H42O2Si2. The van der Waals surface area contributed by atoms with E-state index in [2.05, 4.69) is 83.5 Å². The van der Waals surface area contributed by atoms with E-state index in [1.165, 1.54) is 24.8 Å². The Morgan fingerprint density at radius 1 is 0.923 bits per heavy atom. The molecule has 1 aromatic rings. The molecule has 0 spiro atoms. The number of benzene rings is 1. The van der Waals surface area contributed by atoms with E-state index in [-0.39, 0.29) is 0 Å². The summed E-state index contributed by atoms with van der Waals surface area (Å²) in [5.74, 6) is 1.07. The first-order valence-electron chi connectivity index (χ1n) is 10.4. The van der Waals surface area contributed by atoms with Gasteiger partial charge >= 0.3 is 0 Å². The summed E-state index contributed by atoms with van der Waals surface area (Å²) in [6.07, 6.45) is 5.12. The predicted molar refractivity (Wildman–Crippen MR) is 120 cm³/mol. The second kappa shape index (κ2) is 10.8. The summed E-state index contributed by atoms with van der Waals surface area (Å²) in [7, 11) is -3.08. The highest BCUT2D eigenvalue weighted by Gasteiger charge is 2.31. The Labute approximate surface area is 165 Å². The quantitative estimate of drug-likeness (QED) is 0.365. The van der Waals surface area contributed by atoms with Crippen LogP contribution in [-0.4, -0.2) is 29.3 Å². The van der Waals surface area contributed by atoms with Crippen molar-refractivity contribution in [1.29, 1.82) is 0 Å². The summed E-state index contributed by atoms with van der Waals surface area (Å²) in [5.41, 5.74) is 1.42. The molecule has 150 valence electrons. The van der Waals surface area contributed by atoms with Crippen molar-refractivity contribution in [3.05, 3.63) is 35.9 Å². The largest absolute Gasteiger partial charge is 0.417 e. The molecule has 0 saturated heterocycles. The van der Waals surface area contributed by atoms with Crippen LogP contribution in [0.4, 0.5) is 0 Å². The molecule has 0 radical (unpaired) electrons. The van der Waals surface area contributed by atoms with E-state index in [0.717, 1.165) is 13.0 Å². The monoisotopic (exact) mass is 394 g/mol. The zero-order valence-corrected chi connectivity index (χ0v) is 20.5. The smallest absolute Gasteiger partial charge is 0.184 e.